The van der Waals surface area contributed by atoms with E-state index in [9.17, 15) is 4.79 Å². The van der Waals surface area contributed by atoms with Gasteiger partial charge in [-0.1, -0.05) is 32.8 Å². The van der Waals surface area contributed by atoms with E-state index >= 15 is 0 Å². The molecule has 2 heterocycles. The quantitative estimate of drug-likeness (QED) is 0.604. The van der Waals surface area contributed by atoms with Gasteiger partial charge in [0.15, 0.2) is 0 Å². The summed E-state index contributed by atoms with van der Waals surface area (Å²) >= 11 is 1.76. The summed E-state index contributed by atoms with van der Waals surface area (Å²) in [4.78, 5) is 16.4. The van der Waals surface area contributed by atoms with E-state index in [1.165, 1.54) is 4.88 Å². The van der Waals surface area contributed by atoms with E-state index in [1.54, 1.807) is 23.9 Å². The van der Waals surface area contributed by atoms with Crippen LogP contribution in [-0.4, -0.2) is 17.4 Å². The number of rotatable bonds is 10. The molecule has 0 atom stereocenters. The van der Waals surface area contributed by atoms with Gasteiger partial charge in [-0.05, 0) is 36.8 Å². The van der Waals surface area contributed by atoms with Crippen molar-refractivity contribution in [3.8, 4) is 0 Å². The van der Waals surface area contributed by atoms with Crippen LogP contribution in [0.3, 0.4) is 0 Å². The predicted molar refractivity (Wildman–Crippen MR) is 95.5 cm³/mol. The molecule has 1 amide bonds. The SMILES string of the molecule is CCCC(CCC)C(=O)N(CCc1cccs1)Cc1ccoc1. The van der Waals surface area contributed by atoms with Gasteiger partial charge in [0, 0.05) is 29.4 Å². The lowest BCUT2D eigenvalue weighted by Crippen LogP contribution is -2.37. The third-order valence-corrected chi connectivity index (χ3v) is 5.03. The summed E-state index contributed by atoms with van der Waals surface area (Å²) in [6, 6.07) is 6.15. The van der Waals surface area contributed by atoms with Crippen molar-refractivity contribution < 1.29 is 9.21 Å². The molecule has 0 fully saturated rings. The van der Waals surface area contributed by atoms with E-state index in [0.29, 0.717) is 12.5 Å². The summed E-state index contributed by atoms with van der Waals surface area (Å²) in [5, 5.41) is 2.09. The van der Waals surface area contributed by atoms with E-state index in [1.807, 2.05) is 11.0 Å². The molecule has 0 aromatic carbocycles. The maximum atomic E-state index is 13.0. The van der Waals surface area contributed by atoms with E-state index in [0.717, 1.165) is 44.2 Å². The fraction of sp³-hybridized carbons (Fsp3) is 0.526. The molecule has 0 saturated carbocycles. The Morgan fingerprint density at radius 3 is 2.61 bits per heavy atom. The van der Waals surface area contributed by atoms with Crippen molar-refractivity contribution in [1.29, 1.82) is 0 Å². The van der Waals surface area contributed by atoms with Gasteiger partial charge in [-0.3, -0.25) is 4.79 Å². The zero-order chi connectivity index (χ0) is 16.5. The minimum absolute atomic E-state index is 0.153. The maximum absolute atomic E-state index is 13.0. The average molecular weight is 333 g/mol. The second kappa shape index (κ2) is 9.56. The Labute approximate surface area is 143 Å². The highest BCUT2D eigenvalue weighted by molar-refractivity contribution is 7.09. The van der Waals surface area contributed by atoms with Crippen molar-refractivity contribution in [2.75, 3.05) is 6.54 Å². The molecule has 0 aliphatic heterocycles. The Morgan fingerprint density at radius 1 is 1.26 bits per heavy atom. The van der Waals surface area contributed by atoms with Crippen molar-refractivity contribution in [3.05, 3.63) is 46.5 Å². The fourth-order valence-corrected chi connectivity index (χ4v) is 3.61. The number of hydrogen-bond acceptors (Lipinski definition) is 3. The van der Waals surface area contributed by atoms with Gasteiger partial charge >= 0.3 is 0 Å². The molecule has 0 bridgehead atoms. The third-order valence-electron chi connectivity index (χ3n) is 4.10. The van der Waals surface area contributed by atoms with Crippen LogP contribution in [0.2, 0.25) is 0 Å². The highest BCUT2D eigenvalue weighted by Crippen LogP contribution is 2.20. The van der Waals surface area contributed by atoms with Gasteiger partial charge in [-0.2, -0.15) is 0 Å². The number of nitrogens with zero attached hydrogens (tertiary/aromatic N) is 1. The molecule has 2 aromatic rings. The normalized spacial score (nSPS) is 11.1. The monoisotopic (exact) mass is 333 g/mol. The third kappa shape index (κ3) is 5.54. The standard InChI is InChI=1S/C19H27NO2S/c1-3-6-17(7-4-2)19(21)20(14-16-10-12-22-15-16)11-9-18-8-5-13-23-18/h5,8,10,12-13,15,17H,3-4,6-7,9,11,14H2,1-2H3. The summed E-state index contributed by atoms with van der Waals surface area (Å²) in [5.41, 5.74) is 1.07. The lowest BCUT2D eigenvalue weighted by atomic mass is 9.96. The van der Waals surface area contributed by atoms with Crippen molar-refractivity contribution in [1.82, 2.24) is 4.90 Å². The summed E-state index contributed by atoms with van der Waals surface area (Å²) in [6.07, 6.45) is 8.40. The van der Waals surface area contributed by atoms with Crippen LogP contribution in [0.15, 0.2) is 40.5 Å². The zero-order valence-electron chi connectivity index (χ0n) is 14.2. The van der Waals surface area contributed by atoms with Crippen LogP contribution in [-0.2, 0) is 17.8 Å². The number of hydrogen-bond donors (Lipinski definition) is 0. The van der Waals surface area contributed by atoms with Gasteiger partial charge in [-0.25, -0.2) is 0 Å². The molecule has 2 rings (SSSR count). The summed E-state index contributed by atoms with van der Waals surface area (Å²) in [6.45, 7) is 5.73. The Hall–Kier alpha value is -1.55. The van der Waals surface area contributed by atoms with E-state index in [-0.39, 0.29) is 5.92 Å². The fourth-order valence-electron chi connectivity index (χ4n) is 2.92. The molecule has 0 aliphatic rings. The Bertz CT molecular complexity index is 542. The van der Waals surface area contributed by atoms with Gasteiger partial charge in [-0.15, -0.1) is 11.3 Å². The first kappa shape index (κ1) is 17.8. The summed E-state index contributed by atoms with van der Waals surface area (Å²) in [7, 11) is 0. The van der Waals surface area contributed by atoms with Crippen LogP contribution >= 0.6 is 11.3 Å². The van der Waals surface area contributed by atoms with Gasteiger partial charge < -0.3 is 9.32 Å². The average Bonchev–Trinajstić information content (AvgIpc) is 3.24. The lowest BCUT2D eigenvalue weighted by Gasteiger charge is -2.27. The number of carbonyl (C=O) groups excluding carboxylic acids is 1. The van der Waals surface area contributed by atoms with Crippen molar-refractivity contribution in [3.63, 3.8) is 0 Å². The molecule has 2 aromatic heterocycles. The predicted octanol–water partition coefficient (Wildman–Crippen LogP) is 5.13. The van der Waals surface area contributed by atoms with Crippen molar-refractivity contribution in [2.24, 2.45) is 5.92 Å². The zero-order valence-corrected chi connectivity index (χ0v) is 15.0. The minimum atomic E-state index is 0.153. The summed E-state index contributed by atoms with van der Waals surface area (Å²) < 4.78 is 5.17. The topological polar surface area (TPSA) is 33.5 Å². The Morgan fingerprint density at radius 2 is 2.04 bits per heavy atom. The maximum Gasteiger partial charge on any atom is 0.225 e. The van der Waals surface area contributed by atoms with Crippen LogP contribution in [0.25, 0.3) is 0 Å². The number of thiophene rings is 1. The van der Waals surface area contributed by atoms with Crippen molar-refractivity contribution in [2.45, 2.75) is 52.5 Å². The molecule has 0 aliphatic carbocycles. The lowest BCUT2D eigenvalue weighted by molar-refractivity contribution is -0.136. The largest absolute Gasteiger partial charge is 0.472 e. The van der Waals surface area contributed by atoms with Gasteiger partial charge in [0.05, 0.1) is 12.5 Å². The second-order valence-corrected chi connectivity index (χ2v) is 7.03. The highest BCUT2D eigenvalue weighted by atomic mass is 32.1. The number of amides is 1. The molecule has 126 valence electrons. The van der Waals surface area contributed by atoms with Gasteiger partial charge in [0.1, 0.15) is 0 Å². The van der Waals surface area contributed by atoms with Gasteiger partial charge in [0.25, 0.3) is 0 Å². The van der Waals surface area contributed by atoms with Crippen molar-refractivity contribution >= 4 is 17.2 Å². The first-order valence-corrected chi connectivity index (χ1v) is 9.44. The number of furan rings is 1. The van der Waals surface area contributed by atoms with E-state index in [2.05, 4.69) is 31.4 Å². The highest BCUT2D eigenvalue weighted by Gasteiger charge is 2.23. The van der Waals surface area contributed by atoms with Crippen LogP contribution < -0.4 is 0 Å². The van der Waals surface area contributed by atoms with E-state index in [4.69, 9.17) is 4.42 Å². The first-order chi connectivity index (χ1) is 11.2. The Balaban J connectivity index is 2.05. The summed E-state index contributed by atoms with van der Waals surface area (Å²) in [5.74, 6) is 0.451. The molecule has 0 spiro atoms. The van der Waals surface area contributed by atoms with Gasteiger partial charge in [0.2, 0.25) is 5.91 Å². The number of carbonyl (C=O) groups is 1. The molecule has 0 radical (unpaired) electrons. The van der Waals surface area contributed by atoms with Crippen LogP contribution in [0, 0.1) is 5.92 Å². The molecule has 4 heteroatoms. The molecule has 3 nitrogen and oxygen atoms in total. The van der Waals surface area contributed by atoms with Crippen LogP contribution in [0.5, 0.6) is 0 Å². The van der Waals surface area contributed by atoms with Crippen LogP contribution in [0.1, 0.15) is 50.0 Å². The molecule has 0 saturated heterocycles. The smallest absolute Gasteiger partial charge is 0.225 e. The molecular formula is C19H27NO2S. The molecule has 23 heavy (non-hydrogen) atoms. The molecular weight excluding hydrogens is 306 g/mol. The van der Waals surface area contributed by atoms with E-state index < -0.39 is 0 Å². The second-order valence-electron chi connectivity index (χ2n) is 6.00. The van der Waals surface area contributed by atoms with Crippen LogP contribution in [0.4, 0.5) is 0 Å². The first-order valence-electron chi connectivity index (χ1n) is 8.56. The minimum Gasteiger partial charge on any atom is -0.472 e. The Kier molecular flexibility index (Phi) is 7.40. The molecule has 0 unspecified atom stereocenters. The molecule has 0 N–H and O–H groups in total.